The number of thiophene rings is 1. The first-order valence-electron chi connectivity index (χ1n) is 5.51. The fraction of sp³-hybridized carbons (Fsp3) is 0.400. The SMILES string of the molecule is O=S(=O)(NCc1nc(C2CC2)no1)c1cccs1. The van der Waals surface area contributed by atoms with Gasteiger partial charge in [0, 0.05) is 5.92 Å². The van der Waals surface area contributed by atoms with Gasteiger partial charge in [0.25, 0.3) is 10.0 Å². The van der Waals surface area contributed by atoms with Gasteiger partial charge in [0.2, 0.25) is 5.89 Å². The molecule has 1 N–H and O–H groups in total. The van der Waals surface area contributed by atoms with E-state index in [2.05, 4.69) is 14.9 Å². The zero-order valence-electron chi connectivity index (χ0n) is 9.37. The summed E-state index contributed by atoms with van der Waals surface area (Å²) in [5.74, 6) is 1.38. The van der Waals surface area contributed by atoms with Crippen LogP contribution in [-0.4, -0.2) is 18.6 Å². The first kappa shape index (κ1) is 11.8. The Morgan fingerprint density at radius 3 is 3.00 bits per heavy atom. The molecule has 3 rings (SSSR count). The largest absolute Gasteiger partial charge is 0.338 e. The Balaban J connectivity index is 1.66. The molecule has 0 saturated heterocycles. The Morgan fingerprint density at radius 1 is 1.50 bits per heavy atom. The molecule has 0 spiro atoms. The van der Waals surface area contributed by atoms with Crippen LogP contribution in [0.4, 0.5) is 0 Å². The van der Waals surface area contributed by atoms with E-state index in [1.807, 2.05) is 0 Å². The lowest BCUT2D eigenvalue weighted by atomic mass is 10.4. The van der Waals surface area contributed by atoms with E-state index in [0.717, 1.165) is 12.8 Å². The molecule has 1 saturated carbocycles. The van der Waals surface area contributed by atoms with E-state index in [9.17, 15) is 8.42 Å². The highest BCUT2D eigenvalue weighted by molar-refractivity contribution is 7.91. The molecule has 0 atom stereocenters. The lowest BCUT2D eigenvalue weighted by Crippen LogP contribution is -2.22. The van der Waals surface area contributed by atoms with Gasteiger partial charge in [-0.2, -0.15) is 4.98 Å². The van der Waals surface area contributed by atoms with Gasteiger partial charge >= 0.3 is 0 Å². The number of aromatic nitrogens is 2. The standard InChI is InChI=1S/C10H11N3O3S2/c14-18(15,9-2-1-5-17-9)11-6-8-12-10(13-16-8)7-3-4-7/h1-2,5,7,11H,3-4,6H2. The van der Waals surface area contributed by atoms with E-state index >= 15 is 0 Å². The summed E-state index contributed by atoms with van der Waals surface area (Å²) in [4.78, 5) is 4.16. The number of nitrogens with zero attached hydrogens (tertiary/aromatic N) is 2. The molecule has 2 aromatic rings. The van der Waals surface area contributed by atoms with Gasteiger partial charge in [-0.3, -0.25) is 0 Å². The molecule has 1 aliphatic rings. The summed E-state index contributed by atoms with van der Waals surface area (Å²) in [6.45, 7) is 0.0277. The lowest BCUT2D eigenvalue weighted by molar-refractivity contribution is 0.370. The van der Waals surface area contributed by atoms with Gasteiger partial charge in [-0.05, 0) is 24.3 Å². The number of rotatable bonds is 5. The lowest BCUT2D eigenvalue weighted by Gasteiger charge is -2.00. The maximum atomic E-state index is 11.8. The third-order valence-corrected chi connectivity index (χ3v) is 5.40. The van der Waals surface area contributed by atoms with E-state index in [1.165, 1.54) is 11.3 Å². The molecule has 2 aromatic heterocycles. The van der Waals surface area contributed by atoms with E-state index in [1.54, 1.807) is 17.5 Å². The normalized spacial score (nSPS) is 16.0. The average molecular weight is 285 g/mol. The first-order chi connectivity index (χ1) is 8.65. The number of hydrogen-bond donors (Lipinski definition) is 1. The van der Waals surface area contributed by atoms with E-state index < -0.39 is 10.0 Å². The first-order valence-corrected chi connectivity index (χ1v) is 7.87. The summed E-state index contributed by atoms with van der Waals surface area (Å²) in [7, 11) is -3.47. The van der Waals surface area contributed by atoms with Crippen molar-refractivity contribution in [1.82, 2.24) is 14.9 Å². The fourth-order valence-corrected chi connectivity index (χ4v) is 3.50. The van der Waals surface area contributed by atoms with Crippen LogP contribution in [0.3, 0.4) is 0 Å². The van der Waals surface area contributed by atoms with Gasteiger partial charge in [0.15, 0.2) is 5.82 Å². The minimum absolute atomic E-state index is 0.0277. The van der Waals surface area contributed by atoms with Crippen molar-refractivity contribution in [2.75, 3.05) is 0 Å². The zero-order valence-corrected chi connectivity index (χ0v) is 11.0. The van der Waals surface area contributed by atoms with Crippen molar-refractivity contribution in [3.05, 3.63) is 29.2 Å². The maximum Gasteiger partial charge on any atom is 0.250 e. The predicted octanol–water partition coefficient (Wildman–Crippen LogP) is 1.49. The monoisotopic (exact) mass is 285 g/mol. The van der Waals surface area contributed by atoms with Crippen molar-refractivity contribution in [3.8, 4) is 0 Å². The Labute approximate surface area is 108 Å². The van der Waals surface area contributed by atoms with Crippen molar-refractivity contribution < 1.29 is 12.9 Å². The Bertz CT molecular complexity index is 629. The highest BCUT2D eigenvalue weighted by atomic mass is 32.2. The molecule has 0 bridgehead atoms. The number of sulfonamides is 1. The molecule has 18 heavy (non-hydrogen) atoms. The molecule has 0 radical (unpaired) electrons. The summed E-state index contributed by atoms with van der Waals surface area (Å²) in [6, 6.07) is 3.24. The minimum atomic E-state index is -3.47. The van der Waals surface area contributed by atoms with Gasteiger partial charge < -0.3 is 4.52 Å². The molecule has 1 fully saturated rings. The second-order valence-corrected chi connectivity index (χ2v) is 7.02. The van der Waals surface area contributed by atoms with Crippen LogP contribution in [-0.2, 0) is 16.6 Å². The third-order valence-electron chi connectivity index (χ3n) is 2.60. The number of hydrogen-bond acceptors (Lipinski definition) is 6. The molecule has 2 heterocycles. The Kier molecular flexibility index (Phi) is 2.92. The molecule has 0 aliphatic heterocycles. The Hall–Kier alpha value is -1.25. The highest BCUT2D eigenvalue weighted by Crippen LogP contribution is 2.38. The van der Waals surface area contributed by atoms with Crippen molar-refractivity contribution in [1.29, 1.82) is 0 Å². The van der Waals surface area contributed by atoms with Crippen molar-refractivity contribution in [2.24, 2.45) is 0 Å². The highest BCUT2D eigenvalue weighted by Gasteiger charge is 2.29. The van der Waals surface area contributed by atoms with Crippen LogP contribution in [0.1, 0.15) is 30.5 Å². The van der Waals surface area contributed by atoms with Crippen molar-refractivity contribution in [3.63, 3.8) is 0 Å². The molecule has 0 aromatic carbocycles. The van der Waals surface area contributed by atoms with Crippen LogP contribution < -0.4 is 4.72 Å². The zero-order chi connectivity index (χ0) is 12.6. The van der Waals surface area contributed by atoms with Crippen LogP contribution >= 0.6 is 11.3 Å². The molecular formula is C10H11N3O3S2. The van der Waals surface area contributed by atoms with Crippen LogP contribution in [0.5, 0.6) is 0 Å². The summed E-state index contributed by atoms with van der Waals surface area (Å²) in [5.41, 5.74) is 0. The Morgan fingerprint density at radius 2 is 2.33 bits per heavy atom. The van der Waals surface area contributed by atoms with Crippen molar-refractivity contribution in [2.45, 2.75) is 29.5 Å². The maximum absolute atomic E-state index is 11.8. The fourth-order valence-electron chi connectivity index (χ4n) is 1.49. The second-order valence-electron chi connectivity index (χ2n) is 4.08. The molecule has 0 unspecified atom stereocenters. The topological polar surface area (TPSA) is 85.1 Å². The molecule has 6 nitrogen and oxygen atoms in total. The van der Waals surface area contributed by atoms with Crippen molar-refractivity contribution >= 4 is 21.4 Å². The molecule has 8 heteroatoms. The smallest absolute Gasteiger partial charge is 0.250 e. The molecule has 96 valence electrons. The van der Waals surface area contributed by atoms with Gasteiger partial charge in [0.05, 0.1) is 6.54 Å². The van der Waals surface area contributed by atoms with Crippen LogP contribution in [0, 0.1) is 0 Å². The van der Waals surface area contributed by atoms with Gasteiger partial charge in [-0.25, -0.2) is 13.1 Å². The van der Waals surface area contributed by atoms with E-state index in [0.29, 0.717) is 17.6 Å². The van der Waals surface area contributed by atoms with E-state index in [-0.39, 0.29) is 10.8 Å². The minimum Gasteiger partial charge on any atom is -0.338 e. The van der Waals surface area contributed by atoms with Crippen LogP contribution in [0.25, 0.3) is 0 Å². The summed E-state index contributed by atoms with van der Waals surface area (Å²) < 4.78 is 31.4. The molecule has 1 aliphatic carbocycles. The quantitative estimate of drug-likeness (QED) is 0.899. The summed E-state index contributed by atoms with van der Waals surface area (Å²) >= 11 is 1.17. The average Bonchev–Trinajstić information content (AvgIpc) is 2.88. The van der Waals surface area contributed by atoms with Crippen LogP contribution in [0.15, 0.2) is 26.2 Å². The van der Waals surface area contributed by atoms with E-state index in [4.69, 9.17) is 4.52 Å². The molecule has 0 amide bonds. The summed E-state index contributed by atoms with van der Waals surface area (Å²) in [6.07, 6.45) is 2.17. The second kappa shape index (κ2) is 4.45. The molecular weight excluding hydrogens is 274 g/mol. The number of nitrogens with one attached hydrogen (secondary N) is 1. The summed E-state index contributed by atoms with van der Waals surface area (Å²) in [5, 5.41) is 5.54. The van der Waals surface area contributed by atoms with Gasteiger partial charge in [0.1, 0.15) is 4.21 Å². The van der Waals surface area contributed by atoms with Gasteiger partial charge in [-0.15, -0.1) is 11.3 Å². The predicted molar refractivity (Wildman–Crippen MR) is 64.6 cm³/mol. The van der Waals surface area contributed by atoms with Crippen LogP contribution in [0.2, 0.25) is 0 Å². The van der Waals surface area contributed by atoms with Gasteiger partial charge in [-0.1, -0.05) is 11.2 Å². The third kappa shape index (κ3) is 2.45.